The summed E-state index contributed by atoms with van der Waals surface area (Å²) in [5.41, 5.74) is 0. The molecule has 0 bridgehead atoms. The van der Waals surface area contributed by atoms with Gasteiger partial charge in [0.15, 0.2) is 0 Å². The highest BCUT2D eigenvalue weighted by molar-refractivity contribution is 5.21. The van der Waals surface area contributed by atoms with Crippen molar-refractivity contribution in [3.8, 4) is 5.75 Å². The molecule has 1 aromatic carbocycles. The molecule has 0 aliphatic rings. The van der Waals surface area contributed by atoms with Crippen molar-refractivity contribution in [3.63, 3.8) is 0 Å². The highest BCUT2D eigenvalue weighted by Crippen LogP contribution is 2.10. The van der Waals surface area contributed by atoms with Crippen LogP contribution in [0.5, 0.6) is 5.75 Å². The molecule has 1 aromatic rings. The Morgan fingerprint density at radius 3 is 2.56 bits per heavy atom. The number of rotatable bonds is 6. The van der Waals surface area contributed by atoms with Gasteiger partial charge < -0.3 is 14.7 Å². The fraction of sp³-hybridized carbons (Fsp3) is 0.500. The Kier molecular flexibility index (Phi) is 5.22. The summed E-state index contributed by atoms with van der Waals surface area (Å²) in [6.45, 7) is 3.61. The van der Waals surface area contributed by atoms with E-state index in [1.807, 2.05) is 11.9 Å². The average Bonchev–Trinajstić information content (AvgIpc) is 2.20. The van der Waals surface area contributed by atoms with Crippen LogP contribution in [-0.2, 0) is 0 Å². The molecule has 0 aliphatic heterocycles. The van der Waals surface area contributed by atoms with Gasteiger partial charge in [0, 0.05) is 13.1 Å². The van der Waals surface area contributed by atoms with Crippen molar-refractivity contribution in [2.45, 2.75) is 13.0 Å². The van der Waals surface area contributed by atoms with Gasteiger partial charge in [-0.25, -0.2) is 4.39 Å². The maximum atomic E-state index is 12.6. The van der Waals surface area contributed by atoms with E-state index in [0.717, 1.165) is 6.54 Å². The number of likely N-dealkylation sites (N-methyl/N-ethyl adjacent to an activating group) is 1. The third-order valence-corrected chi connectivity index (χ3v) is 2.13. The van der Waals surface area contributed by atoms with E-state index in [-0.39, 0.29) is 11.9 Å². The van der Waals surface area contributed by atoms with Crippen LogP contribution < -0.4 is 4.74 Å². The first kappa shape index (κ1) is 12.9. The molecule has 4 heteroatoms. The van der Waals surface area contributed by atoms with Crippen molar-refractivity contribution < 1.29 is 14.2 Å². The minimum Gasteiger partial charge on any atom is -0.492 e. The van der Waals surface area contributed by atoms with Crippen LogP contribution in [0.15, 0.2) is 24.3 Å². The fourth-order valence-electron chi connectivity index (χ4n) is 1.39. The van der Waals surface area contributed by atoms with E-state index in [1.54, 1.807) is 19.1 Å². The van der Waals surface area contributed by atoms with Gasteiger partial charge in [-0.3, -0.25) is 0 Å². The molecular weight excluding hydrogens is 209 g/mol. The molecule has 1 atom stereocenters. The molecule has 16 heavy (non-hydrogen) atoms. The van der Waals surface area contributed by atoms with Crippen molar-refractivity contribution in [3.05, 3.63) is 30.1 Å². The summed E-state index contributed by atoms with van der Waals surface area (Å²) in [5.74, 6) is 0.394. The van der Waals surface area contributed by atoms with Crippen molar-refractivity contribution >= 4 is 0 Å². The Hall–Kier alpha value is -1.13. The summed E-state index contributed by atoms with van der Waals surface area (Å²) in [5, 5.41) is 9.15. The fourth-order valence-corrected chi connectivity index (χ4v) is 1.39. The lowest BCUT2D eigenvalue weighted by molar-refractivity contribution is 0.131. The van der Waals surface area contributed by atoms with Gasteiger partial charge in [0.2, 0.25) is 0 Å². The zero-order chi connectivity index (χ0) is 12.0. The predicted molar refractivity (Wildman–Crippen MR) is 61.1 cm³/mol. The van der Waals surface area contributed by atoms with Crippen LogP contribution in [0.25, 0.3) is 0 Å². The van der Waals surface area contributed by atoms with Crippen molar-refractivity contribution in [1.82, 2.24) is 4.90 Å². The Morgan fingerprint density at radius 2 is 2.00 bits per heavy atom. The quantitative estimate of drug-likeness (QED) is 0.799. The SMILES string of the molecule is CC(O)CN(C)CCOc1ccc(F)cc1. The molecular formula is C12H18FNO2. The number of hydrogen-bond donors (Lipinski definition) is 1. The number of hydrogen-bond acceptors (Lipinski definition) is 3. The van der Waals surface area contributed by atoms with E-state index < -0.39 is 0 Å². The minimum atomic E-state index is -0.337. The summed E-state index contributed by atoms with van der Waals surface area (Å²) in [6.07, 6.45) is -0.337. The third-order valence-electron chi connectivity index (χ3n) is 2.13. The van der Waals surface area contributed by atoms with Gasteiger partial charge in [0.1, 0.15) is 18.2 Å². The zero-order valence-electron chi connectivity index (χ0n) is 9.69. The molecule has 1 N–H and O–H groups in total. The average molecular weight is 227 g/mol. The van der Waals surface area contributed by atoms with Crippen molar-refractivity contribution in [2.75, 3.05) is 26.7 Å². The van der Waals surface area contributed by atoms with E-state index >= 15 is 0 Å². The Bertz CT molecular complexity index is 300. The van der Waals surface area contributed by atoms with E-state index in [2.05, 4.69) is 0 Å². The lowest BCUT2D eigenvalue weighted by Gasteiger charge is -2.18. The maximum Gasteiger partial charge on any atom is 0.123 e. The Labute approximate surface area is 95.5 Å². The number of benzene rings is 1. The summed E-state index contributed by atoms with van der Waals surface area (Å²) in [6, 6.07) is 5.94. The van der Waals surface area contributed by atoms with Gasteiger partial charge in [-0.2, -0.15) is 0 Å². The molecule has 3 nitrogen and oxygen atoms in total. The molecule has 0 saturated heterocycles. The lowest BCUT2D eigenvalue weighted by atomic mass is 10.3. The molecule has 0 radical (unpaired) electrons. The molecule has 0 heterocycles. The summed E-state index contributed by atoms with van der Waals surface area (Å²) in [7, 11) is 1.92. The third kappa shape index (κ3) is 5.09. The molecule has 0 fully saturated rings. The van der Waals surface area contributed by atoms with E-state index in [1.165, 1.54) is 12.1 Å². The molecule has 0 saturated carbocycles. The lowest BCUT2D eigenvalue weighted by Crippen LogP contribution is -2.30. The van der Waals surface area contributed by atoms with E-state index in [9.17, 15) is 4.39 Å². The van der Waals surface area contributed by atoms with Gasteiger partial charge in [0.05, 0.1) is 6.10 Å². The first-order chi connectivity index (χ1) is 7.58. The van der Waals surface area contributed by atoms with E-state index in [0.29, 0.717) is 18.9 Å². The van der Waals surface area contributed by atoms with Crippen molar-refractivity contribution in [1.29, 1.82) is 0 Å². The van der Waals surface area contributed by atoms with Gasteiger partial charge in [0.25, 0.3) is 0 Å². The highest BCUT2D eigenvalue weighted by atomic mass is 19.1. The number of ether oxygens (including phenoxy) is 1. The standard InChI is InChI=1S/C12H18FNO2/c1-10(15)9-14(2)7-8-16-12-5-3-11(13)4-6-12/h3-6,10,15H,7-9H2,1-2H3. The smallest absolute Gasteiger partial charge is 0.123 e. The predicted octanol–water partition coefficient (Wildman–Crippen LogP) is 1.52. The summed E-state index contributed by atoms with van der Waals surface area (Å²) in [4.78, 5) is 1.98. The Balaban J connectivity index is 2.22. The van der Waals surface area contributed by atoms with Crippen LogP contribution in [-0.4, -0.2) is 42.9 Å². The molecule has 0 aromatic heterocycles. The Morgan fingerprint density at radius 1 is 1.38 bits per heavy atom. The van der Waals surface area contributed by atoms with Crippen LogP contribution in [0.2, 0.25) is 0 Å². The van der Waals surface area contributed by atoms with Crippen LogP contribution in [0.4, 0.5) is 4.39 Å². The van der Waals surface area contributed by atoms with Crippen LogP contribution in [0, 0.1) is 5.82 Å². The summed E-state index contributed by atoms with van der Waals surface area (Å²) >= 11 is 0. The number of aliphatic hydroxyl groups excluding tert-OH is 1. The monoisotopic (exact) mass is 227 g/mol. The molecule has 0 aliphatic carbocycles. The number of halogens is 1. The molecule has 1 rings (SSSR count). The van der Waals surface area contributed by atoms with Crippen LogP contribution in [0.1, 0.15) is 6.92 Å². The second kappa shape index (κ2) is 6.45. The van der Waals surface area contributed by atoms with Crippen LogP contribution >= 0.6 is 0 Å². The molecule has 0 spiro atoms. The van der Waals surface area contributed by atoms with Crippen LogP contribution in [0.3, 0.4) is 0 Å². The maximum absolute atomic E-state index is 12.6. The normalized spacial score (nSPS) is 12.8. The number of aliphatic hydroxyl groups is 1. The topological polar surface area (TPSA) is 32.7 Å². The molecule has 1 unspecified atom stereocenters. The largest absolute Gasteiger partial charge is 0.492 e. The zero-order valence-corrected chi connectivity index (χ0v) is 9.69. The summed E-state index contributed by atoms with van der Waals surface area (Å²) < 4.78 is 18.0. The number of nitrogens with zero attached hydrogens (tertiary/aromatic N) is 1. The minimum absolute atomic E-state index is 0.265. The first-order valence-corrected chi connectivity index (χ1v) is 5.33. The van der Waals surface area contributed by atoms with Gasteiger partial charge in [-0.15, -0.1) is 0 Å². The van der Waals surface area contributed by atoms with Gasteiger partial charge in [-0.05, 0) is 38.2 Å². The molecule has 0 amide bonds. The second-order valence-electron chi connectivity index (χ2n) is 3.91. The van der Waals surface area contributed by atoms with Crippen molar-refractivity contribution in [2.24, 2.45) is 0 Å². The van der Waals surface area contributed by atoms with Gasteiger partial charge in [-0.1, -0.05) is 0 Å². The second-order valence-corrected chi connectivity index (χ2v) is 3.91. The first-order valence-electron chi connectivity index (χ1n) is 5.33. The van der Waals surface area contributed by atoms with E-state index in [4.69, 9.17) is 9.84 Å². The highest BCUT2D eigenvalue weighted by Gasteiger charge is 2.02. The molecule has 90 valence electrons. The van der Waals surface area contributed by atoms with Gasteiger partial charge >= 0.3 is 0 Å².